The molecule has 2 atom stereocenters. The summed E-state index contributed by atoms with van der Waals surface area (Å²) < 4.78 is 0. The number of nitrogens with one attached hydrogen (secondary N) is 1. The number of anilines is 1. The first-order valence-corrected chi connectivity index (χ1v) is 8.29. The average Bonchev–Trinajstić information content (AvgIpc) is 3.03. The third kappa shape index (κ3) is 3.48. The highest BCUT2D eigenvalue weighted by atomic mass is 16.4. The summed E-state index contributed by atoms with van der Waals surface area (Å²) in [6.45, 7) is 6.50. The summed E-state index contributed by atoms with van der Waals surface area (Å²) in [5.41, 5.74) is 0.936. The van der Waals surface area contributed by atoms with Crippen LogP contribution < -0.4 is 10.2 Å². The van der Waals surface area contributed by atoms with Crippen LogP contribution in [0.25, 0.3) is 0 Å². The van der Waals surface area contributed by atoms with Crippen LogP contribution in [0.4, 0.5) is 5.82 Å². The van der Waals surface area contributed by atoms with Gasteiger partial charge in [0.25, 0.3) is 0 Å². The van der Waals surface area contributed by atoms with Crippen LogP contribution in [0.3, 0.4) is 0 Å². The minimum atomic E-state index is -0.885. The van der Waals surface area contributed by atoms with E-state index < -0.39 is 12.0 Å². The van der Waals surface area contributed by atoms with Crippen molar-refractivity contribution in [3.8, 4) is 0 Å². The Labute approximate surface area is 140 Å². The van der Waals surface area contributed by atoms with E-state index >= 15 is 0 Å². The molecule has 1 amide bonds. The second-order valence-corrected chi connectivity index (χ2v) is 6.41. The van der Waals surface area contributed by atoms with Crippen molar-refractivity contribution < 1.29 is 14.7 Å². The van der Waals surface area contributed by atoms with Crippen LogP contribution in [0.5, 0.6) is 0 Å². The summed E-state index contributed by atoms with van der Waals surface area (Å²) in [5.74, 6) is 0.772. The van der Waals surface area contributed by atoms with Crippen LogP contribution in [-0.4, -0.2) is 70.1 Å². The van der Waals surface area contributed by atoms with Gasteiger partial charge in [0.2, 0.25) is 5.91 Å². The van der Waals surface area contributed by atoms with E-state index in [0.29, 0.717) is 25.9 Å². The smallest absolute Gasteiger partial charge is 0.320 e. The SMILES string of the molecule is Cc1cc(N2CCN(C(=O)[C@H]3CC[C@@H](C(=O)O)N3)CC2)nc(C)n1. The Kier molecular flexibility index (Phi) is 4.66. The molecule has 8 nitrogen and oxygen atoms in total. The van der Waals surface area contributed by atoms with Gasteiger partial charge in [-0.05, 0) is 26.7 Å². The van der Waals surface area contributed by atoms with Gasteiger partial charge < -0.3 is 14.9 Å². The number of carboxylic acids is 1. The lowest BCUT2D eigenvalue weighted by Gasteiger charge is -2.36. The predicted octanol–water partition coefficient (Wildman–Crippen LogP) is -0.0528. The molecule has 2 saturated heterocycles. The molecule has 2 N–H and O–H groups in total. The molecule has 3 heterocycles. The molecule has 0 spiro atoms. The van der Waals surface area contributed by atoms with Gasteiger partial charge in [0.15, 0.2) is 0 Å². The second-order valence-electron chi connectivity index (χ2n) is 6.41. The third-order valence-electron chi connectivity index (χ3n) is 4.61. The molecule has 0 aromatic carbocycles. The molecular weight excluding hydrogens is 310 g/mol. The first-order valence-electron chi connectivity index (χ1n) is 8.29. The minimum absolute atomic E-state index is 0.00782. The lowest BCUT2D eigenvalue weighted by atomic mass is 10.1. The Morgan fingerprint density at radius 2 is 1.79 bits per heavy atom. The van der Waals surface area contributed by atoms with Crippen LogP contribution in [0.15, 0.2) is 6.07 Å². The van der Waals surface area contributed by atoms with Crippen LogP contribution in [-0.2, 0) is 9.59 Å². The number of carbonyl (C=O) groups is 2. The van der Waals surface area contributed by atoms with E-state index in [9.17, 15) is 9.59 Å². The number of hydrogen-bond acceptors (Lipinski definition) is 6. The fraction of sp³-hybridized carbons (Fsp3) is 0.625. The van der Waals surface area contributed by atoms with E-state index in [2.05, 4.69) is 20.2 Å². The van der Waals surface area contributed by atoms with Crippen molar-refractivity contribution in [2.75, 3.05) is 31.1 Å². The van der Waals surface area contributed by atoms with E-state index in [4.69, 9.17) is 5.11 Å². The first kappa shape index (κ1) is 16.6. The molecule has 2 aliphatic heterocycles. The molecule has 0 radical (unpaired) electrons. The van der Waals surface area contributed by atoms with E-state index in [1.807, 2.05) is 24.8 Å². The van der Waals surface area contributed by atoms with Gasteiger partial charge in [-0.15, -0.1) is 0 Å². The summed E-state index contributed by atoms with van der Waals surface area (Å²) in [4.78, 5) is 36.3. The number of rotatable bonds is 3. The highest BCUT2D eigenvalue weighted by molar-refractivity contribution is 5.84. The van der Waals surface area contributed by atoms with Crippen molar-refractivity contribution in [1.29, 1.82) is 0 Å². The predicted molar refractivity (Wildman–Crippen MR) is 87.9 cm³/mol. The van der Waals surface area contributed by atoms with E-state index in [-0.39, 0.29) is 11.9 Å². The number of aromatic nitrogens is 2. The molecule has 1 aromatic heterocycles. The standard InChI is InChI=1S/C16H23N5O3/c1-10-9-14(18-11(2)17-10)20-5-7-21(8-6-20)15(22)12-3-4-13(19-12)16(23)24/h9,12-13,19H,3-8H2,1-2H3,(H,23,24)/t12-,13+/m1/s1. The summed E-state index contributed by atoms with van der Waals surface area (Å²) in [5, 5.41) is 11.9. The number of carbonyl (C=O) groups excluding carboxylic acids is 1. The van der Waals surface area contributed by atoms with Gasteiger partial charge in [-0.25, -0.2) is 9.97 Å². The number of aliphatic carboxylic acids is 1. The molecule has 24 heavy (non-hydrogen) atoms. The molecule has 2 aliphatic rings. The van der Waals surface area contributed by atoms with E-state index in [1.54, 1.807) is 0 Å². The zero-order chi connectivity index (χ0) is 17.3. The average molecular weight is 333 g/mol. The van der Waals surface area contributed by atoms with Crippen molar-refractivity contribution in [2.24, 2.45) is 0 Å². The number of piperazine rings is 1. The number of carboxylic acid groups (broad SMARTS) is 1. The second kappa shape index (κ2) is 6.72. The topological polar surface area (TPSA) is 98.7 Å². The fourth-order valence-electron chi connectivity index (χ4n) is 3.37. The quantitative estimate of drug-likeness (QED) is 0.800. The van der Waals surface area contributed by atoms with Crippen molar-refractivity contribution in [3.05, 3.63) is 17.6 Å². The van der Waals surface area contributed by atoms with Crippen LogP contribution in [0.1, 0.15) is 24.4 Å². The maximum absolute atomic E-state index is 12.5. The van der Waals surface area contributed by atoms with Crippen molar-refractivity contribution in [3.63, 3.8) is 0 Å². The maximum atomic E-state index is 12.5. The number of hydrogen-bond donors (Lipinski definition) is 2. The van der Waals surface area contributed by atoms with Crippen LogP contribution in [0, 0.1) is 13.8 Å². The van der Waals surface area contributed by atoms with Gasteiger partial charge in [0.05, 0.1) is 6.04 Å². The molecule has 0 saturated carbocycles. The summed E-state index contributed by atoms with van der Waals surface area (Å²) in [6.07, 6.45) is 1.09. The molecule has 130 valence electrons. The Bertz CT molecular complexity index is 622. The third-order valence-corrected chi connectivity index (χ3v) is 4.61. The Balaban J connectivity index is 1.57. The molecule has 2 fully saturated rings. The lowest BCUT2D eigenvalue weighted by molar-refractivity contribution is -0.139. The number of nitrogens with zero attached hydrogens (tertiary/aromatic N) is 4. The molecular formula is C16H23N5O3. The summed E-state index contributed by atoms with van der Waals surface area (Å²) in [6, 6.07) is 0.980. The van der Waals surface area contributed by atoms with Crippen molar-refractivity contribution in [1.82, 2.24) is 20.2 Å². The number of aryl methyl sites for hydroxylation is 2. The highest BCUT2D eigenvalue weighted by Gasteiger charge is 2.36. The monoisotopic (exact) mass is 333 g/mol. The van der Waals surface area contributed by atoms with Crippen molar-refractivity contribution in [2.45, 2.75) is 38.8 Å². The van der Waals surface area contributed by atoms with Crippen LogP contribution in [0.2, 0.25) is 0 Å². The molecule has 0 bridgehead atoms. The first-order chi connectivity index (χ1) is 11.4. The molecule has 8 heteroatoms. The maximum Gasteiger partial charge on any atom is 0.320 e. The Morgan fingerprint density at radius 1 is 1.12 bits per heavy atom. The summed E-state index contributed by atoms with van der Waals surface area (Å²) >= 11 is 0. The molecule has 3 rings (SSSR count). The van der Waals surface area contributed by atoms with Gasteiger partial charge in [-0.1, -0.05) is 0 Å². The fourth-order valence-corrected chi connectivity index (χ4v) is 3.37. The Hall–Kier alpha value is -2.22. The lowest BCUT2D eigenvalue weighted by Crippen LogP contribution is -2.54. The van der Waals surface area contributed by atoms with Gasteiger partial charge in [-0.2, -0.15) is 0 Å². The van der Waals surface area contributed by atoms with Gasteiger partial charge in [-0.3, -0.25) is 14.9 Å². The van der Waals surface area contributed by atoms with E-state index in [1.165, 1.54) is 0 Å². The normalized spacial score (nSPS) is 24.2. The number of amides is 1. The van der Waals surface area contributed by atoms with Crippen molar-refractivity contribution >= 4 is 17.7 Å². The zero-order valence-electron chi connectivity index (χ0n) is 14.0. The zero-order valence-corrected chi connectivity index (χ0v) is 14.0. The molecule has 0 unspecified atom stereocenters. The van der Waals surface area contributed by atoms with Gasteiger partial charge >= 0.3 is 5.97 Å². The van der Waals surface area contributed by atoms with Crippen LogP contribution >= 0.6 is 0 Å². The molecule has 0 aliphatic carbocycles. The molecule has 1 aromatic rings. The Morgan fingerprint density at radius 3 is 2.38 bits per heavy atom. The van der Waals surface area contributed by atoms with Gasteiger partial charge in [0.1, 0.15) is 17.7 Å². The highest BCUT2D eigenvalue weighted by Crippen LogP contribution is 2.18. The summed E-state index contributed by atoms with van der Waals surface area (Å²) in [7, 11) is 0. The minimum Gasteiger partial charge on any atom is -0.480 e. The van der Waals surface area contributed by atoms with Gasteiger partial charge in [0, 0.05) is 37.9 Å². The van der Waals surface area contributed by atoms with E-state index in [0.717, 1.165) is 30.4 Å². The largest absolute Gasteiger partial charge is 0.480 e.